The van der Waals surface area contributed by atoms with E-state index in [0.29, 0.717) is 5.82 Å². The van der Waals surface area contributed by atoms with Gasteiger partial charge in [0.15, 0.2) is 0 Å². The van der Waals surface area contributed by atoms with Gasteiger partial charge in [0.05, 0.1) is 5.56 Å². The monoisotopic (exact) mass is 237 g/mol. The minimum atomic E-state index is -0.960. The van der Waals surface area contributed by atoms with Crippen molar-refractivity contribution in [2.24, 2.45) is 0 Å². The quantitative estimate of drug-likeness (QED) is 0.813. The number of rotatable bonds is 5. The highest BCUT2D eigenvalue weighted by molar-refractivity contribution is 5.87. The molecule has 0 aliphatic rings. The van der Waals surface area contributed by atoms with Crippen LogP contribution in [0.25, 0.3) is 0 Å². The fourth-order valence-electron chi connectivity index (χ4n) is 1.09. The van der Waals surface area contributed by atoms with Gasteiger partial charge in [-0.25, -0.2) is 9.78 Å². The van der Waals surface area contributed by atoms with Gasteiger partial charge in [-0.1, -0.05) is 0 Å². The minimum Gasteiger partial charge on any atom is -0.478 e. The molecule has 0 unspecified atom stereocenters. The molecule has 0 fully saturated rings. The van der Waals surface area contributed by atoms with E-state index in [1.165, 1.54) is 6.20 Å². The van der Waals surface area contributed by atoms with E-state index in [0.717, 1.165) is 6.54 Å². The van der Waals surface area contributed by atoms with Crippen molar-refractivity contribution in [3.8, 4) is 0 Å². The maximum Gasteiger partial charge on any atom is 0.337 e. The van der Waals surface area contributed by atoms with E-state index in [4.69, 9.17) is 5.11 Å². The Kier molecular flexibility index (Phi) is 4.07. The molecule has 0 aliphatic heterocycles. The number of aromatic nitrogens is 1. The zero-order valence-corrected chi connectivity index (χ0v) is 10.7. The van der Waals surface area contributed by atoms with Crippen LogP contribution in [0.4, 0.5) is 5.82 Å². The molecular weight excluding hydrogens is 218 g/mol. The minimum absolute atomic E-state index is 0.00709. The topological polar surface area (TPSA) is 65.5 Å². The molecule has 2 N–H and O–H groups in total. The van der Waals surface area contributed by atoms with Crippen molar-refractivity contribution in [3.63, 3.8) is 0 Å². The first kappa shape index (κ1) is 13.4. The molecular formula is C12H19N3O2. The van der Waals surface area contributed by atoms with Crippen molar-refractivity contribution in [1.29, 1.82) is 0 Å². The second-order valence-electron chi connectivity index (χ2n) is 4.80. The van der Waals surface area contributed by atoms with Crippen LogP contribution in [0.15, 0.2) is 18.3 Å². The molecule has 0 radical (unpaired) electrons. The molecule has 0 saturated heterocycles. The zero-order valence-electron chi connectivity index (χ0n) is 10.7. The van der Waals surface area contributed by atoms with Crippen LogP contribution in [0.5, 0.6) is 0 Å². The summed E-state index contributed by atoms with van der Waals surface area (Å²) < 4.78 is 0. The third-order valence-electron chi connectivity index (χ3n) is 2.92. The lowest BCUT2D eigenvalue weighted by Crippen LogP contribution is -2.44. The fourth-order valence-corrected chi connectivity index (χ4v) is 1.09. The highest BCUT2D eigenvalue weighted by Crippen LogP contribution is 2.12. The number of hydrogen-bond acceptors (Lipinski definition) is 4. The maximum absolute atomic E-state index is 10.7. The molecule has 1 rings (SSSR count). The van der Waals surface area contributed by atoms with Gasteiger partial charge in [-0.3, -0.25) is 0 Å². The molecule has 94 valence electrons. The standard InChI is InChI=1S/C12H19N3O2/c1-12(2,15(3)4)8-14-10-6-5-9(7-13-10)11(16)17/h5-7H,8H2,1-4H3,(H,13,14)(H,16,17). The van der Waals surface area contributed by atoms with Crippen LogP contribution in [-0.4, -0.2) is 47.1 Å². The predicted octanol–water partition coefficient (Wildman–Crippen LogP) is 1.53. The molecule has 5 nitrogen and oxygen atoms in total. The maximum atomic E-state index is 10.7. The lowest BCUT2D eigenvalue weighted by molar-refractivity contribution is 0.0696. The van der Waals surface area contributed by atoms with E-state index < -0.39 is 5.97 Å². The van der Waals surface area contributed by atoms with E-state index in [1.807, 2.05) is 14.1 Å². The van der Waals surface area contributed by atoms with Crippen molar-refractivity contribution in [2.45, 2.75) is 19.4 Å². The summed E-state index contributed by atoms with van der Waals surface area (Å²) in [7, 11) is 4.03. The highest BCUT2D eigenvalue weighted by Gasteiger charge is 2.19. The molecule has 5 heteroatoms. The molecule has 0 bridgehead atoms. The second-order valence-corrected chi connectivity index (χ2v) is 4.80. The van der Waals surface area contributed by atoms with Gasteiger partial charge in [0.1, 0.15) is 5.82 Å². The van der Waals surface area contributed by atoms with Gasteiger partial charge in [0.2, 0.25) is 0 Å². The molecule has 1 aromatic rings. The van der Waals surface area contributed by atoms with Crippen LogP contribution >= 0.6 is 0 Å². The highest BCUT2D eigenvalue weighted by atomic mass is 16.4. The largest absolute Gasteiger partial charge is 0.478 e. The number of carboxylic acid groups (broad SMARTS) is 1. The van der Waals surface area contributed by atoms with Gasteiger partial charge < -0.3 is 15.3 Å². The molecule has 0 aliphatic carbocycles. The summed E-state index contributed by atoms with van der Waals surface area (Å²) >= 11 is 0. The summed E-state index contributed by atoms with van der Waals surface area (Å²) in [6.45, 7) is 4.97. The number of aromatic carboxylic acids is 1. The Balaban J connectivity index is 2.62. The predicted molar refractivity (Wildman–Crippen MR) is 67.5 cm³/mol. The summed E-state index contributed by atoms with van der Waals surface area (Å²) in [5.41, 5.74) is 0.204. The number of anilines is 1. The van der Waals surface area contributed by atoms with Gasteiger partial charge in [0, 0.05) is 18.3 Å². The molecule has 0 aromatic carbocycles. The summed E-state index contributed by atoms with van der Waals surface area (Å²) in [4.78, 5) is 16.8. The molecule has 1 heterocycles. The van der Waals surface area contributed by atoms with Crippen molar-refractivity contribution in [3.05, 3.63) is 23.9 Å². The average molecular weight is 237 g/mol. The smallest absolute Gasteiger partial charge is 0.337 e. The Morgan fingerprint density at radius 2 is 2.12 bits per heavy atom. The molecule has 0 saturated carbocycles. The molecule has 0 atom stereocenters. The number of hydrogen-bond donors (Lipinski definition) is 2. The first-order chi connectivity index (χ1) is 7.83. The van der Waals surface area contributed by atoms with Crippen LogP contribution < -0.4 is 5.32 Å². The van der Waals surface area contributed by atoms with Crippen molar-refractivity contribution in [1.82, 2.24) is 9.88 Å². The Morgan fingerprint density at radius 1 is 1.47 bits per heavy atom. The Labute approximate surface area is 101 Å². The van der Waals surface area contributed by atoms with Crippen molar-refractivity contribution in [2.75, 3.05) is 26.0 Å². The molecule has 0 amide bonds. The lowest BCUT2D eigenvalue weighted by atomic mass is 10.0. The Bertz CT molecular complexity index is 385. The molecule has 17 heavy (non-hydrogen) atoms. The van der Waals surface area contributed by atoms with Crippen molar-refractivity contribution >= 4 is 11.8 Å². The van der Waals surface area contributed by atoms with Gasteiger partial charge in [-0.15, -0.1) is 0 Å². The van der Waals surface area contributed by atoms with E-state index in [2.05, 4.69) is 29.0 Å². The fraction of sp³-hybridized carbons (Fsp3) is 0.500. The van der Waals surface area contributed by atoms with E-state index in [9.17, 15) is 4.79 Å². The molecule has 1 aromatic heterocycles. The number of carboxylic acids is 1. The third kappa shape index (κ3) is 3.71. The van der Waals surface area contributed by atoms with Gasteiger partial charge in [-0.05, 0) is 40.1 Å². The van der Waals surface area contributed by atoms with E-state index >= 15 is 0 Å². The van der Waals surface area contributed by atoms with Crippen LogP contribution in [0.2, 0.25) is 0 Å². The van der Waals surface area contributed by atoms with Crippen molar-refractivity contribution < 1.29 is 9.90 Å². The number of nitrogens with one attached hydrogen (secondary N) is 1. The Morgan fingerprint density at radius 3 is 2.53 bits per heavy atom. The SMILES string of the molecule is CN(C)C(C)(C)CNc1ccc(C(=O)O)cn1. The normalized spacial score (nSPS) is 11.6. The number of nitrogens with zero attached hydrogens (tertiary/aromatic N) is 2. The average Bonchev–Trinajstić information content (AvgIpc) is 2.27. The number of carbonyl (C=O) groups is 1. The molecule has 0 spiro atoms. The lowest BCUT2D eigenvalue weighted by Gasteiger charge is -2.32. The van der Waals surface area contributed by atoms with E-state index in [1.54, 1.807) is 12.1 Å². The number of likely N-dealkylation sites (N-methyl/N-ethyl adjacent to an activating group) is 1. The second kappa shape index (κ2) is 5.14. The number of pyridine rings is 1. The van der Waals surface area contributed by atoms with Crippen LogP contribution in [-0.2, 0) is 0 Å². The zero-order chi connectivity index (χ0) is 13.1. The van der Waals surface area contributed by atoms with Crippen LogP contribution in [0.3, 0.4) is 0 Å². The third-order valence-corrected chi connectivity index (χ3v) is 2.92. The first-order valence-corrected chi connectivity index (χ1v) is 5.43. The van der Waals surface area contributed by atoms with E-state index in [-0.39, 0.29) is 11.1 Å². The first-order valence-electron chi connectivity index (χ1n) is 5.43. The summed E-state index contributed by atoms with van der Waals surface area (Å²) in [6.07, 6.45) is 1.35. The summed E-state index contributed by atoms with van der Waals surface area (Å²) in [6, 6.07) is 3.22. The summed E-state index contributed by atoms with van der Waals surface area (Å²) in [5.74, 6) is -0.275. The van der Waals surface area contributed by atoms with Crippen LogP contribution in [0.1, 0.15) is 24.2 Å². The van der Waals surface area contributed by atoms with Crippen LogP contribution in [0, 0.1) is 0 Å². The Hall–Kier alpha value is -1.62. The summed E-state index contributed by atoms with van der Waals surface area (Å²) in [5, 5.41) is 11.9. The van der Waals surface area contributed by atoms with Gasteiger partial charge in [-0.2, -0.15) is 0 Å². The van der Waals surface area contributed by atoms with Gasteiger partial charge in [0.25, 0.3) is 0 Å². The van der Waals surface area contributed by atoms with Gasteiger partial charge >= 0.3 is 5.97 Å².